The van der Waals surface area contributed by atoms with E-state index in [2.05, 4.69) is 0 Å². The summed E-state index contributed by atoms with van der Waals surface area (Å²) in [5.41, 5.74) is 0.215. The number of methoxy groups -OCH3 is 1. The van der Waals surface area contributed by atoms with E-state index in [1.807, 2.05) is 18.7 Å². The summed E-state index contributed by atoms with van der Waals surface area (Å²) >= 11 is 1.87. The zero-order valence-corrected chi connectivity index (χ0v) is 11.6. The van der Waals surface area contributed by atoms with Crippen LogP contribution in [0.15, 0.2) is 0 Å². The lowest BCUT2D eigenvalue weighted by atomic mass is 10.1. The van der Waals surface area contributed by atoms with Gasteiger partial charge in [0.1, 0.15) is 5.78 Å². The first-order chi connectivity index (χ1) is 8.12. The van der Waals surface area contributed by atoms with Crippen LogP contribution >= 0.6 is 11.8 Å². The number of Topliss-reactive ketones (excluding diaryl/α,β-unsaturated/α-hetero) is 1. The summed E-state index contributed by atoms with van der Waals surface area (Å²) < 4.78 is 4.71. The molecular formula is C13H22O3S. The van der Waals surface area contributed by atoms with E-state index in [4.69, 9.17) is 4.74 Å². The summed E-state index contributed by atoms with van der Waals surface area (Å²) in [6, 6.07) is 0. The zero-order valence-electron chi connectivity index (χ0n) is 10.8. The van der Waals surface area contributed by atoms with Gasteiger partial charge >= 0.3 is 5.97 Å². The van der Waals surface area contributed by atoms with Crippen molar-refractivity contribution >= 4 is 23.5 Å². The van der Waals surface area contributed by atoms with Gasteiger partial charge in [0.15, 0.2) is 0 Å². The summed E-state index contributed by atoms with van der Waals surface area (Å²) in [6.07, 6.45) is 5.16. The Balaban J connectivity index is 2.06. The van der Waals surface area contributed by atoms with Crippen LogP contribution in [0, 0.1) is 5.41 Å². The molecule has 0 aromatic carbocycles. The molecule has 0 atom stereocenters. The van der Waals surface area contributed by atoms with Crippen molar-refractivity contribution < 1.29 is 14.3 Å². The van der Waals surface area contributed by atoms with Gasteiger partial charge in [0.25, 0.3) is 0 Å². The SMILES string of the molecule is CCC(=O)CCCSCC1(CC(=O)OC)CC1. The van der Waals surface area contributed by atoms with Crippen molar-refractivity contribution in [3.05, 3.63) is 0 Å². The molecule has 0 N–H and O–H groups in total. The lowest BCUT2D eigenvalue weighted by Gasteiger charge is -2.12. The smallest absolute Gasteiger partial charge is 0.306 e. The molecule has 0 bridgehead atoms. The van der Waals surface area contributed by atoms with Crippen molar-refractivity contribution in [1.82, 2.24) is 0 Å². The summed E-state index contributed by atoms with van der Waals surface area (Å²) in [4.78, 5) is 22.3. The molecule has 1 fully saturated rings. The van der Waals surface area contributed by atoms with Crippen molar-refractivity contribution in [1.29, 1.82) is 0 Å². The Morgan fingerprint density at radius 3 is 2.59 bits per heavy atom. The number of hydrogen-bond acceptors (Lipinski definition) is 4. The third-order valence-electron chi connectivity index (χ3n) is 3.25. The van der Waals surface area contributed by atoms with E-state index < -0.39 is 0 Å². The molecule has 1 aliphatic rings. The van der Waals surface area contributed by atoms with E-state index in [9.17, 15) is 9.59 Å². The molecule has 1 aliphatic carbocycles. The van der Waals surface area contributed by atoms with Crippen molar-refractivity contribution in [3.63, 3.8) is 0 Å². The molecule has 17 heavy (non-hydrogen) atoms. The third kappa shape index (κ3) is 5.57. The topological polar surface area (TPSA) is 43.4 Å². The zero-order chi connectivity index (χ0) is 12.7. The van der Waals surface area contributed by atoms with Gasteiger partial charge in [-0.2, -0.15) is 11.8 Å². The fourth-order valence-electron chi connectivity index (χ4n) is 1.76. The summed E-state index contributed by atoms with van der Waals surface area (Å²) in [6.45, 7) is 1.91. The van der Waals surface area contributed by atoms with Gasteiger partial charge in [0.2, 0.25) is 0 Å². The Morgan fingerprint density at radius 2 is 2.06 bits per heavy atom. The average molecular weight is 258 g/mol. The highest BCUT2D eigenvalue weighted by Crippen LogP contribution is 2.51. The first-order valence-electron chi connectivity index (χ1n) is 6.28. The van der Waals surface area contributed by atoms with Crippen LogP contribution in [0.3, 0.4) is 0 Å². The molecule has 1 rings (SSSR count). The number of carbonyl (C=O) groups is 2. The second-order valence-electron chi connectivity index (χ2n) is 4.80. The Kier molecular flexibility index (Phi) is 6.03. The van der Waals surface area contributed by atoms with Crippen LogP contribution in [0.2, 0.25) is 0 Å². The Labute approximate surface area is 108 Å². The normalized spacial score (nSPS) is 16.6. The van der Waals surface area contributed by atoms with Crippen LogP contribution in [-0.2, 0) is 14.3 Å². The minimum atomic E-state index is -0.0933. The van der Waals surface area contributed by atoms with E-state index in [0.717, 1.165) is 30.8 Å². The molecule has 0 radical (unpaired) electrons. The molecular weight excluding hydrogens is 236 g/mol. The second kappa shape index (κ2) is 7.04. The first kappa shape index (κ1) is 14.6. The monoisotopic (exact) mass is 258 g/mol. The van der Waals surface area contributed by atoms with Crippen LogP contribution < -0.4 is 0 Å². The van der Waals surface area contributed by atoms with Gasteiger partial charge in [-0.15, -0.1) is 0 Å². The molecule has 98 valence electrons. The molecule has 4 heteroatoms. The number of ether oxygens (including phenoxy) is 1. The number of thioether (sulfide) groups is 1. The molecule has 0 unspecified atom stereocenters. The highest BCUT2D eigenvalue weighted by atomic mass is 32.2. The summed E-state index contributed by atoms with van der Waals surface area (Å²) in [5.74, 6) is 2.31. The number of hydrogen-bond donors (Lipinski definition) is 0. The van der Waals surface area contributed by atoms with Crippen molar-refractivity contribution in [2.45, 2.75) is 45.4 Å². The van der Waals surface area contributed by atoms with Gasteiger partial charge in [-0.25, -0.2) is 0 Å². The summed E-state index contributed by atoms with van der Waals surface area (Å²) in [7, 11) is 1.45. The number of rotatable bonds is 9. The van der Waals surface area contributed by atoms with Crippen LogP contribution in [-0.4, -0.2) is 30.4 Å². The maximum absolute atomic E-state index is 11.2. The molecule has 1 saturated carbocycles. The minimum Gasteiger partial charge on any atom is -0.469 e. The standard InChI is InChI=1S/C13H22O3S/c1-3-11(14)5-4-8-17-10-13(6-7-13)9-12(15)16-2/h3-10H2,1-2H3. The van der Waals surface area contributed by atoms with E-state index in [1.165, 1.54) is 7.11 Å². The average Bonchev–Trinajstić information content (AvgIpc) is 3.08. The van der Waals surface area contributed by atoms with Gasteiger partial charge in [-0.3, -0.25) is 9.59 Å². The molecule has 0 aromatic rings. The molecule has 0 spiro atoms. The highest BCUT2D eigenvalue weighted by Gasteiger charge is 2.44. The van der Waals surface area contributed by atoms with Gasteiger partial charge in [-0.05, 0) is 36.2 Å². The predicted octanol–water partition coefficient (Wildman–Crippen LogP) is 2.82. The Hall–Kier alpha value is -0.510. The fourth-order valence-corrected chi connectivity index (χ4v) is 3.08. The van der Waals surface area contributed by atoms with Crippen LogP contribution in [0.1, 0.15) is 45.4 Å². The van der Waals surface area contributed by atoms with E-state index in [-0.39, 0.29) is 11.4 Å². The second-order valence-corrected chi connectivity index (χ2v) is 5.91. The highest BCUT2D eigenvalue weighted by molar-refractivity contribution is 7.99. The van der Waals surface area contributed by atoms with Gasteiger partial charge in [-0.1, -0.05) is 6.92 Å². The fraction of sp³-hybridized carbons (Fsp3) is 0.846. The number of carbonyl (C=O) groups excluding carboxylic acids is 2. The van der Waals surface area contributed by atoms with Gasteiger partial charge in [0, 0.05) is 12.8 Å². The van der Waals surface area contributed by atoms with Crippen molar-refractivity contribution in [3.8, 4) is 0 Å². The van der Waals surface area contributed by atoms with Gasteiger partial charge in [0.05, 0.1) is 13.5 Å². The minimum absolute atomic E-state index is 0.0933. The van der Waals surface area contributed by atoms with E-state index in [1.54, 1.807) is 0 Å². The molecule has 0 saturated heterocycles. The molecule has 0 aliphatic heterocycles. The lowest BCUT2D eigenvalue weighted by Crippen LogP contribution is -2.13. The Morgan fingerprint density at radius 1 is 1.35 bits per heavy atom. The Bertz CT molecular complexity index is 272. The lowest BCUT2D eigenvalue weighted by molar-refractivity contribution is -0.141. The maximum atomic E-state index is 11.2. The number of esters is 1. The number of ketones is 1. The van der Waals surface area contributed by atoms with Crippen molar-refractivity contribution in [2.75, 3.05) is 18.6 Å². The van der Waals surface area contributed by atoms with Gasteiger partial charge < -0.3 is 4.74 Å². The maximum Gasteiger partial charge on any atom is 0.306 e. The third-order valence-corrected chi connectivity index (χ3v) is 4.64. The quantitative estimate of drug-likeness (QED) is 0.471. The van der Waals surface area contributed by atoms with E-state index >= 15 is 0 Å². The predicted molar refractivity (Wildman–Crippen MR) is 70.2 cm³/mol. The molecule has 0 aromatic heterocycles. The van der Waals surface area contributed by atoms with Crippen LogP contribution in [0.4, 0.5) is 0 Å². The molecule has 0 heterocycles. The van der Waals surface area contributed by atoms with Crippen molar-refractivity contribution in [2.24, 2.45) is 5.41 Å². The van der Waals surface area contributed by atoms with Crippen LogP contribution in [0.5, 0.6) is 0 Å². The first-order valence-corrected chi connectivity index (χ1v) is 7.43. The van der Waals surface area contributed by atoms with Crippen LogP contribution in [0.25, 0.3) is 0 Å². The molecule has 0 amide bonds. The summed E-state index contributed by atoms with van der Waals surface area (Å²) in [5, 5.41) is 0. The van der Waals surface area contributed by atoms with E-state index in [0.29, 0.717) is 25.0 Å². The molecule has 3 nitrogen and oxygen atoms in total. The largest absolute Gasteiger partial charge is 0.469 e.